The molecule has 2 fully saturated rings. The Morgan fingerprint density at radius 2 is 1.93 bits per heavy atom. The zero-order valence-electron chi connectivity index (χ0n) is 16.7. The third kappa shape index (κ3) is 4.18. The topological polar surface area (TPSA) is 50.2 Å². The number of amides is 1. The lowest BCUT2D eigenvalue weighted by atomic mass is 9.84. The Hall–Kier alpha value is -1.66. The maximum atomic E-state index is 13.6. The van der Waals surface area contributed by atoms with Gasteiger partial charge in [0.2, 0.25) is 5.91 Å². The summed E-state index contributed by atoms with van der Waals surface area (Å²) >= 11 is 0. The van der Waals surface area contributed by atoms with Gasteiger partial charge in [0.25, 0.3) is 6.43 Å². The molecule has 1 amide bonds. The second-order valence-corrected chi connectivity index (χ2v) is 8.93. The summed E-state index contributed by atoms with van der Waals surface area (Å²) in [5.41, 5.74) is 0.761. The first-order chi connectivity index (χ1) is 13.5. The Bertz CT molecular complexity index is 678. The summed E-state index contributed by atoms with van der Waals surface area (Å²) in [5.74, 6) is 1.88. The number of alkyl halides is 2. The fourth-order valence-electron chi connectivity index (χ4n) is 5.32. The van der Waals surface area contributed by atoms with Crippen molar-refractivity contribution in [3.8, 4) is 0 Å². The van der Waals surface area contributed by atoms with Gasteiger partial charge in [0.1, 0.15) is 11.9 Å². The van der Waals surface area contributed by atoms with E-state index in [2.05, 4.69) is 10.4 Å². The van der Waals surface area contributed by atoms with Gasteiger partial charge in [-0.1, -0.05) is 19.3 Å². The number of hydrogen-bond donors (Lipinski definition) is 1. The van der Waals surface area contributed by atoms with E-state index in [1.54, 1.807) is 0 Å². The standard InChI is InChI=1S/C21H32F2N4O/c1-14-11-19-24-17(13-18(21(22)23)27(19)25-14)16-7-9-26(10-8-16)20(28)12-15-5-3-2-4-6-15/h11,15-18,21,24H,2-10,12-13H2,1H3/t17-,18+/m0/s1. The van der Waals surface area contributed by atoms with E-state index in [9.17, 15) is 13.6 Å². The van der Waals surface area contributed by atoms with Crippen LogP contribution in [0.1, 0.15) is 69.5 Å². The minimum Gasteiger partial charge on any atom is -0.367 e. The van der Waals surface area contributed by atoms with Gasteiger partial charge < -0.3 is 10.2 Å². The van der Waals surface area contributed by atoms with E-state index in [0.29, 0.717) is 36.4 Å². The largest absolute Gasteiger partial charge is 0.367 e. The van der Waals surface area contributed by atoms with Crippen LogP contribution in [0.2, 0.25) is 0 Å². The van der Waals surface area contributed by atoms with Crippen molar-refractivity contribution in [3.05, 3.63) is 11.8 Å². The molecule has 4 rings (SSSR count). The van der Waals surface area contributed by atoms with Crippen LogP contribution in [-0.4, -0.2) is 46.1 Å². The summed E-state index contributed by atoms with van der Waals surface area (Å²) in [5, 5.41) is 7.69. The first-order valence-electron chi connectivity index (χ1n) is 10.9. The van der Waals surface area contributed by atoms with E-state index < -0.39 is 12.5 Å². The highest BCUT2D eigenvalue weighted by atomic mass is 19.3. The molecule has 0 unspecified atom stereocenters. The number of anilines is 1. The average Bonchev–Trinajstić information content (AvgIpc) is 3.08. The minimum absolute atomic E-state index is 0.0261. The van der Waals surface area contributed by atoms with Crippen molar-refractivity contribution in [2.45, 2.75) is 83.2 Å². The number of rotatable bonds is 4. The number of carbonyl (C=O) groups is 1. The molecule has 28 heavy (non-hydrogen) atoms. The zero-order valence-corrected chi connectivity index (χ0v) is 16.7. The Balaban J connectivity index is 1.33. The maximum Gasteiger partial charge on any atom is 0.260 e. The highest BCUT2D eigenvalue weighted by Crippen LogP contribution is 2.37. The number of piperidine rings is 1. The van der Waals surface area contributed by atoms with E-state index in [0.717, 1.165) is 31.6 Å². The van der Waals surface area contributed by atoms with E-state index in [1.165, 1.54) is 36.8 Å². The molecule has 1 aliphatic carbocycles. The van der Waals surface area contributed by atoms with Crippen molar-refractivity contribution in [1.82, 2.24) is 14.7 Å². The smallest absolute Gasteiger partial charge is 0.260 e. The SMILES string of the molecule is Cc1cc2n(n1)[C@@H](C(F)F)C[C@@H](C1CCN(C(=O)CC3CCCCC3)CC1)N2. The Morgan fingerprint density at radius 1 is 1.21 bits per heavy atom. The average molecular weight is 395 g/mol. The molecular weight excluding hydrogens is 362 g/mol. The Morgan fingerprint density at radius 3 is 2.61 bits per heavy atom. The third-order valence-electron chi connectivity index (χ3n) is 6.94. The van der Waals surface area contributed by atoms with Gasteiger partial charge in [-0.3, -0.25) is 4.79 Å². The van der Waals surface area contributed by atoms with Crippen LogP contribution in [-0.2, 0) is 4.79 Å². The summed E-state index contributed by atoms with van der Waals surface area (Å²) in [6.45, 7) is 3.35. The van der Waals surface area contributed by atoms with Crippen LogP contribution in [0.3, 0.4) is 0 Å². The summed E-state index contributed by atoms with van der Waals surface area (Å²) in [6, 6.07) is 1.02. The number of halogens is 2. The first-order valence-corrected chi connectivity index (χ1v) is 10.9. The molecule has 1 saturated heterocycles. The molecule has 3 aliphatic rings. The molecule has 0 radical (unpaired) electrons. The van der Waals surface area contributed by atoms with E-state index >= 15 is 0 Å². The molecule has 1 aromatic rings. The summed E-state index contributed by atoms with van der Waals surface area (Å²) in [6.07, 6.45) is 6.65. The molecule has 1 N–H and O–H groups in total. The molecule has 2 atom stereocenters. The molecule has 156 valence electrons. The normalized spacial score (nSPS) is 26.9. The van der Waals surface area contributed by atoms with Gasteiger partial charge in [0.05, 0.1) is 5.69 Å². The number of fused-ring (bicyclic) bond motifs is 1. The van der Waals surface area contributed by atoms with Crippen molar-refractivity contribution in [2.24, 2.45) is 11.8 Å². The van der Waals surface area contributed by atoms with E-state index in [1.807, 2.05) is 17.9 Å². The minimum atomic E-state index is -2.42. The van der Waals surface area contributed by atoms with Crippen LogP contribution in [0.5, 0.6) is 0 Å². The van der Waals surface area contributed by atoms with Gasteiger partial charge in [-0.2, -0.15) is 5.10 Å². The number of aryl methyl sites for hydroxylation is 1. The number of carbonyl (C=O) groups excluding carboxylic acids is 1. The van der Waals surface area contributed by atoms with Crippen molar-refractivity contribution < 1.29 is 13.6 Å². The lowest BCUT2D eigenvalue weighted by Crippen LogP contribution is -2.46. The van der Waals surface area contributed by atoms with Gasteiger partial charge in [-0.15, -0.1) is 0 Å². The highest BCUT2D eigenvalue weighted by Gasteiger charge is 2.38. The number of likely N-dealkylation sites (tertiary alicyclic amines) is 1. The molecule has 1 aromatic heterocycles. The van der Waals surface area contributed by atoms with Crippen LogP contribution in [0, 0.1) is 18.8 Å². The molecule has 0 bridgehead atoms. The maximum absolute atomic E-state index is 13.6. The fourth-order valence-corrected chi connectivity index (χ4v) is 5.32. The van der Waals surface area contributed by atoms with Gasteiger partial charge in [-0.05, 0) is 50.9 Å². The lowest BCUT2D eigenvalue weighted by molar-refractivity contribution is -0.134. The van der Waals surface area contributed by atoms with Crippen LogP contribution in [0.25, 0.3) is 0 Å². The third-order valence-corrected chi connectivity index (χ3v) is 6.94. The van der Waals surface area contributed by atoms with Crippen molar-refractivity contribution in [2.75, 3.05) is 18.4 Å². The van der Waals surface area contributed by atoms with Crippen LogP contribution >= 0.6 is 0 Å². The monoisotopic (exact) mass is 394 g/mol. The fraction of sp³-hybridized carbons (Fsp3) is 0.810. The van der Waals surface area contributed by atoms with Crippen molar-refractivity contribution >= 4 is 11.7 Å². The predicted octanol–water partition coefficient (Wildman–Crippen LogP) is 4.39. The van der Waals surface area contributed by atoms with Gasteiger partial charge >= 0.3 is 0 Å². The van der Waals surface area contributed by atoms with Crippen molar-refractivity contribution in [1.29, 1.82) is 0 Å². The zero-order chi connectivity index (χ0) is 19.7. The van der Waals surface area contributed by atoms with E-state index in [4.69, 9.17) is 0 Å². The van der Waals surface area contributed by atoms with E-state index in [-0.39, 0.29) is 6.04 Å². The quantitative estimate of drug-likeness (QED) is 0.824. The highest BCUT2D eigenvalue weighted by molar-refractivity contribution is 5.76. The molecule has 3 heterocycles. The van der Waals surface area contributed by atoms with Gasteiger partial charge in [0.15, 0.2) is 0 Å². The summed E-state index contributed by atoms with van der Waals surface area (Å²) in [4.78, 5) is 14.7. The van der Waals surface area contributed by atoms with Crippen LogP contribution in [0.15, 0.2) is 6.07 Å². The molecule has 0 spiro atoms. The molecule has 7 heteroatoms. The molecule has 2 aliphatic heterocycles. The molecule has 5 nitrogen and oxygen atoms in total. The number of hydrogen-bond acceptors (Lipinski definition) is 3. The molecule has 0 aromatic carbocycles. The van der Waals surface area contributed by atoms with Crippen molar-refractivity contribution in [3.63, 3.8) is 0 Å². The predicted molar refractivity (Wildman–Crippen MR) is 105 cm³/mol. The molecular formula is C21H32F2N4O. The second kappa shape index (κ2) is 8.37. The number of aromatic nitrogens is 2. The summed E-state index contributed by atoms with van der Waals surface area (Å²) in [7, 11) is 0. The van der Waals surface area contributed by atoms with Crippen LogP contribution in [0.4, 0.5) is 14.6 Å². The van der Waals surface area contributed by atoms with Gasteiger partial charge in [-0.25, -0.2) is 13.5 Å². The Kier molecular flexibility index (Phi) is 5.88. The van der Waals surface area contributed by atoms with Gasteiger partial charge in [0, 0.05) is 31.6 Å². The van der Waals surface area contributed by atoms with Crippen LogP contribution < -0.4 is 5.32 Å². The molecule has 1 saturated carbocycles. The number of nitrogens with zero attached hydrogens (tertiary/aromatic N) is 3. The first kappa shape index (κ1) is 19.6. The lowest BCUT2D eigenvalue weighted by Gasteiger charge is -2.40. The second-order valence-electron chi connectivity index (χ2n) is 8.93. The Labute approximate surface area is 165 Å². The number of nitrogens with one attached hydrogen (secondary N) is 1. The summed E-state index contributed by atoms with van der Waals surface area (Å²) < 4.78 is 28.7.